The number of nitrogens with one attached hydrogen (secondary N) is 2. The first-order valence-electron chi connectivity index (χ1n) is 8.20. The van der Waals surface area contributed by atoms with Crippen LogP contribution in [0.15, 0.2) is 24.3 Å². The highest BCUT2D eigenvalue weighted by Gasteiger charge is 2.16. The molecule has 0 fully saturated rings. The summed E-state index contributed by atoms with van der Waals surface area (Å²) in [5.41, 5.74) is 1.46. The maximum Gasteiger partial charge on any atom is 0.412 e. The number of amides is 1. The molecule has 0 saturated heterocycles. The number of ether oxygens (including phenoxy) is 2. The molecule has 2 N–H and O–H groups in total. The van der Waals surface area contributed by atoms with E-state index in [4.69, 9.17) is 9.47 Å². The first-order chi connectivity index (χ1) is 10.8. The van der Waals surface area contributed by atoms with Crippen molar-refractivity contribution in [1.29, 1.82) is 0 Å². The Bertz CT molecular complexity index is 466. The molecule has 0 aliphatic heterocycles. The van der Waals surface area contributed by atoms with Crippen LogP contribution in [0.2, 0.25) is 0 Å². The molecular weight excluding hydrogens is 292 g/mol. The first kappa shape index (κ1) is 19.5. The quantitative estimate of drug-likeness (QED) is 0.768. The van der Waals surface area contributed by atoms with Crippen molar-refractivity contribution in [3.05, 3.63) is 29.8 Å². The molecule has 1 atom stereocenters. The lowest BCUT2D eigenvalue weighted by molar-refractivity contribution is 0.0636. The number of carbonyl (C=O) groups excluding carboxylic acids is 1. The first-order valence-corrected chi connectivity index (χ1v) is 8.20. The van der Waals surface area contributed by atoms with Gasteiger partial charge in [0.2, 0.25) is 0 Å². The van der Waals surface area contributed by atoms with E-state index in [0.717, 1.165) is 31.9 Å². The molecule has 5 nitrogen and oxygen atoms in total. The van der Waals surface area contributed by atoms with Crippen LogP contribution in [0.3, 0.4) is 0 Å². The van der Waals surface area contributed by atoms with Crippen molar-refractivity contribution in [2.24, 2.45) is 0 Å². The number of hydrogen-bond acceptors (Lipinski definition) is 4. The molecule has 0 aromatic heterocycles. The van der Waals surface area contributed by atoms with E-state index >= 15 is 0 Å². The van der Waals surface area contributed by atoms with Crippen molar-refractivity contribution >= 4 is 11.8 Å². The molecule has 0 radical (unpaired) electrons. The third kappa shape index (κ3) is 9.21. The van der Waals surface area contributed by atoms with E-state index in [0.29, 0.717) is 6.04 Å². The fraction of sp³-hybridized carbons (Fsp3) is 0.611. The summed E-state index contributed by atoms with van der Waals surface area (Å²) in [5.74, 6) is 0. The summed E-state index contributed by atoms with van der Waals surface area (Å²) in [4.78, 5) is 11.7. The largest absolute Gasteiger partial charge is 0.444 e. The number of carbonyl (C=O) groups is 1. The Morgan fingerprint density at radius 1 is 1.22 bits per heavy atom. The normalized spacial score (nSPS) is 12.7. The maximum atomic E-state index is 11.7. The Morgan fingerprint density at radius 3 is 2.43 bits per heavy atom. The predicted molar refractivity (Wildman–Crippen MR) is 94.0 cm³/mol. The minimum atomic E-state index is -0.492. The summed E-state index contributed by atoms with van der Waals surface area (Å²) in [5, 5.41) is 6.15. The van der Waals surface area contributed by atoms with Crippen molar-refractivity contribution < 1.29 is 14.3 Å². The summed E-state index contributed by atoms with van der Waals surface area (Å²) in [6.45, 7) is 12.0. The summed E-state index contributed by atoms with van der Waals surface area (Å²) in [7, 11) is 0. The Kier molecular flexibility index (Phi) is 8.06. The highest BCUT2D eigenvalue weighted by Crippen LogP contribution is 2.13. The van der Waals surface area contributed by atoms with E-state index in [2.05, 4.69) is 17.6 Å². The lowest BCUT2D eigenvalue weighted by Gasteiger charge is -2.19. The number of benzene rings is 1. The highest BCUT2D eigenvalue weighted by atomic mass is 16.6. The second kappa shape index (κ2) is 9.53. The maximum absolute atomic E-state index is 11.7. The van der Waals surface area contributed by atoms with Gasteiger partial charge in [0.1, 0.15) is 5.60 Å². The molecule has 1 aromatic rings. The van der Waals surface area contributed by atoms with Gasteiger partial charge in [0.15, 0.2) is 0 Å². The number of rotatable bonds is 8. The fourth-order valence-corrected chi connectivity index (χ4v) is 1.99. The lowest BCUT2D eigenvalue weighted by Crippen LogP contribution is -2.32. The molecule has 0 saturated carbocycles. The van der Waals surface area contributed by atoms with E-state index in [1.54, 1.807) is 0 Å². The molecule has 5 heteroatoms. The van der Waals surface area contributed by atoms with Gasteiger partial charge in [0, 0.05) is 18.3 Å². The topological polar surface area (TPSA) is 59.6 Å². The molecule has 1 rings (SSSR count). The van der Waals surface area contributed by atoms with E-state index in [-0.39, 0.29) is 0 Å². The van der Waals surface area contributed by atoms with Crippen molar-refractivity contribution in [2.75, 3.05) is 25.1 Å². The summed E-state index contributed by atoms with van der Waals surface area (Å²) >= 11 is 0. The number of anilines is 1. The molecule has 1 unspecified atom stereocenters. The summed E-state index contributed by atoms with van der Waals surface area (Å²) in [6.07, 6.45) is 0.500. The third-order valence-electron chi connectivity index (χ3n) is 3.08. The molecule has 0 heterocycles. The van der Waals surface area contributed by atoms with Gasteiger partial charge in [-0.15, -0.1) is 0 Å². The molecular formula is C18H30N2O3. The monoisotopic (exact) mass is 322 g/mol. The Balaban J connectivity index is 2.34. The second-order valence-electron chi connectivity index (χ2n) is 6.59. The van der Waals surface area contributed by atoms with Crippen LogP contribution in [-0.2, 0) is 15.9 Å². The minimum Gasteiger partial charge on any atom is -0.444 e. The smallest absolute Gasteiger partial charge is 0.412 e. The van der Waals surface area contributed by atoms with Crippen molar-refractivity contribution in [3.8, 4) is 0 Å². The van der Waals surface area contributed by atoms with Crippen LogP contribution in [0.25, 0.3) is 0 Å². The molecule has 1 aromatic carbocycles. The van der Waals surface area contributed by atoms with Crippen LogP contribution in [0.4, 0.5) is 10.5 Å². The van der Waals surface area contributed by atoms with Gasteiger partial charge in [0.05, 0.1) is 6.61 Å². The van der Waals surface area contributed by atoms with Gasteiger partial charge in [-0.05, 0) is 65.3 Å². The SMILES string of the molecule is CCOCC(C)NCCc1ccc(NC(=O)OC(C)(C)C)cc1. The zero-order chi connectivity index (χ0) is 17.3. The van der Waals surface area contributed by atoms with Crippen molar-refractivity contribution in [1.82, 2.24) is 5.32 Å². The molecule has 130 valence electrons. The standard InChI is InChI=1S/C18H30N2O3/c1-6-22-13-14(2)19-12-11-15-7-9-16(10-8-15)20-17(21)23-18(3,4)5/h7-10,14,19H,6,11-13H2,1-5H3,(H,20,21). The van der Waals surface area contributed by atoms with Crippen LogP contribution < -0.4 is 10.6 Å². The summed E-state index contributed by atoms with van der Waals surface area (Å²) in [6, 6.07) is 8.16. The van der Waals surface area contributed by atoms with Gasteiger partial charge in [0.25, 0.3) is 0 Å². The van der Waals surface area contributed by atoms with Gasteiger partial charge in [-0.2, -0.15) is 0 Å². The van der Waals surface area contributed by atoms with Gasteiger partial charge in [-0.1, -0.05) is 12.1 Å². The number of hydrogen-bond donors (Lipinski definition) is 2. The minimum absolute atomic E-state index is 0.350. The highest BCUT2D eigenvalue weighted by molar-refractivity contribution is 5.84. The van der Waals surface area contributed by atoms with Crippen LogP contribution >= 0.6 is 0 Å². The van der Waals surface area contributed by atoms with E-state index < -0.39 is 11.7 Å². The van der Waals surface area contributed by atoms with Crippen LogP contribution in [0.5, 0.6) is 0 Å². The van der Waals surface area contributed by atoms with E-state index in [9.17, 15) is 4.79 Å². The van der Waals surface area contributed by atoms with Gasteiger partial charge in [-0.3, -0.25) is 5.32 Å². The molecule has 0 aliphatic rings. The molecule has 0 aliphatic carbocycles. The zero-order valence-corrected chi connectivity index (χ0v) is 14.9. The average Bonchev–Trinajstić information content (AvgIpc) is 2.45. The molecule has 0 bridgehead atoms. The van der Waals surface area contributed by atoms with Crippen molar-refractivity contribution in [3.63, 3.8) is 0 Å². The zero-order valence-electron chi connectivity index (χ0n) is 14.9. The van der Waals surface area contributed by atoms with Crippen LogP contribution in [-0.4, -0.2) is 37.5 Å². The van der Waals surface area contributed by atoms with E-state index in [1.807, 2.05) is 52.0 Å². The Hall–Kier alpha value is -1.59. The Morgan fingerprint density at radius 2 is 1.87 bits per heavy atom. The van der Waals surface area contributed by atoms with Crippen LogP contribution in [0.1, 0.15) is 40.2 Å². The second-order valence-corrected chi connectivity index (χ2v) is 6.59. The molecule has 0 spiro atoms. The fourth-order valence-electron chi connectivity index (χ4n) is 1.99. The van der Waals surface area contributed by atoms with E-state index in [1.165, 1.54) is 5.56 Å². The van der Waals surface area contributed by atoms with Gasteiger partial charge >= 0.3 is 6.09 Å². The molecule has 1 amide bonds. The van der Waals surface area contributed by atoms with Gasteiger partial charge in [-0.25, -0.2) is 4.79 Å². The summed E-state index contributed by atoms with van der Waals surface area (Å²) < 4.78 is 10.6. The van der Waals surface area contributed by atoms with Crippen molar-refractivity contribution in [2.45, 2.75) is 52.7 Å². The average molecular weight is 322 g/mol. The Labute approximate surface area is 139 Å². The third-order valence-corrected chi connectivity index (χ3v) is 3.08. The van der Waals surface area contributed by atoms with Crippen LogP contribution in [0, 0.1) is 0 Å². The van der Waals surface area contributed by atoms with Gasteiger partial charge < -0.3 is 14.8 Å². The predicted octanol–water partition coefficient (Wildman–Crippen LogP) is 3.59. The lowest BCUT2D eigenvalue weighted by atomic mass is 10.1. The molecule has 23 heavy (non-hydrogen) atoms.